The van der Waals surface area contributed by atoms with E-state index in [1.807, 2.05) is 0 Å². The van der Waals surface area contributed by atoms with Gasteiger partial charge in [-0.05, 0) is 48.9 Å². The molecule has 1 fully saturated rings. The Labute approximate surface area is 130 Å². The lowest BCUT2D eigenvalue weighted by molar-refractivity contribution is 0.199. The van der Waals surface area contributed by atoms with Crippen LogP contribution in [0.3, 0.4) is 0 Å². The average Bonchev–Trinajstić information content (AvgIpc) is 2.87. The molecule has 1 aromatic rings. The Balaban J connectivity index is 1.91. The number of nitrogens with one attached hydrogen (secondary N) is 1. The van der Waals surface area contributed by atoms with Crippen LogP contribution in [0.5, 0.6) is 0 Å². The highest BCUT2D eigenvalue weighted by Gasteiger charge is 2.26. The summed E-state index contributed by atoms with van der Waals surface area (Å²) in [5, 5.41) is 3.54. The summed E-state index contributed by atoms with van der Waals surface area (Å²) in [6.45, 7) is 13.7. The van der Waals surface area contributed by atoms with Crippen LogP contribution in [0.1, 0.15) is 51.7 Å². The van der Waals surface area contributed by atoms with Gasteiger partial charge in [0.2, 0.25) is 0 Å². The van der Waals surface area contributed by atoms with E-state index in [9.17, 15) is 0 Å². The standard InChI is InChI=1S/C19H32N2/c1-15(2)12-20-13-17-7-5-8-18(11-17)14-21-10-6-9-19(21)16(3)4/h5,7-8,11,15-16,19-20H,6,9-10,12-14H2,1-4H3. The normalized spacial score (nSPS) is 19.8. The Kier molecular flexibility index (Phi) is 6.25. The quantitative estimate of drug-likeness (QED) is 0.814. The van der Waals surface area contributed by atoms with E-state index in [4.69, 9.17) is 0 Å². The van der Waals surface area contributed by atoms with E-state index in [1.165, 1.54) is 30.5 Å². The molecule has 1 aliphatic rings. The molecule has 118 valence electrons. The van der Waals surface area contributed by atoms with Crippen molar-refractivity contribution in [1.29, 1.82) is 0 Å². The van der Waals surface area contributed by atoms with Crippen molar-refractivity contribution in [3.05, 3.63) is 35.4 Å². The Morgan fingerprint density at radius 2 is 1.95 bits per heavy atom. The van der Waals surface area contributed by atoms with Crippen molar-refractivity contribution in [1.82, 2.24) is 10.2 Å². The molecule has 0 aromatic heterocycles. The monoisotopic (exact) mass is 288 g/mol. The maximum absolute atomic E-state index is 3.54. The summed E-state index contributed by atoms with van der Waals surface area (Å²) in [5.74, 6) is 1.48. The lowest BCUT2D eigenvalue weighted by Gasteiger charge is -2.27. The van der Waals surface area contributed by atoms with Crippen molar-refractivity contribution in [3.63, 3.8) is 0 Å². The fourth-order valence-corrected chi connectivity index (χ4v) is 3.38. The first-order valence-electron chi connectivity index (χ1n) is 8.59. The molecule has 0 bridgehead atoms. The van der Waals surface area contributed by atoms with Crippen LogP contribution in [0.15, 0.2) is 24.3 Å². The number of nitrogens with zero attached hydrogens (tertiary/aromatic N) is 1. The van der Waals surface area contributed by atoms with Gasteiger partial charge in [0.05, 0.1) is 0 Å². The van der Waals surface area contributed by atoms with Crippen molar-refractivity contribution < 1.29 is 0 Å². The third-order valence-corrected chi connectivity index (χ3v) is 4.44. The van der Waals surface area contributed by atoms with Crippen LogP contribution in [0.4, 0.5) is 0 Å². The van der Waals surface area contributed by atoms with Crippen molar-refractivity contribution in [2.45, 2.75) is 59.7 Å². The van der Waals surface area contributed by atoms with Crippen molar-refractivity contribution in [3.8, 4) is 0 Å². The smallest absolute Gasteiger partial charge is 0.0236 e. The minimum absolute atomic E-state index is 0.713. The predicted octanol–water partition coefficient (Wildman–Crippen LogP) is 4.05. The fraction of sp³-hybridized carbons (Fsp3) is 0.684. The lowest BCUT2D eigenvalue weighted by atomic mass is 10.0. The Bertz CT molecular complexity index is 425. The van der Waals surface area contributed by atoms with Gasteiger partial charge in [0.25, 0.3) is 0 Å². The van der Waals surface area contributed by atoms with Gasteiger partial charge in [-0.2, -0.15) is 0 Å². The minimum atomic E-state index is 0.713. The summed E-state index contributed by atoms with van der Waals surface area (Å²) >= 11 is 0. The van der Waals surface area contributed by atoms with Crippen LogP contribution in [0, 0.1) is 11.8 Å². The maximum Gasteiger partial charge on any atom is 0.0236 e. The molecular weight excluding hydrogens is 256 g/mol. The molecule has 1 aliphatic heterocycles. The summed E-state index contributed by atoms with van der Waals surface area (Å²) < 4.78 is 0. The van der Waals surface area contributed by atoms with Crippen LogP contribution in [0.25, 0.3) is 0 Å². The zero-order chi connectivity index (χ0) is 15.2. The molecule has 1 atom stereocenters. The number of hydrogen-bond donors (Lipinski definition) is 1. The highest BCUT2D eigenvalue weighted by atomic mass is 15.2. The number of hydrogen-bond acceptors (Lipinski definition) is 2. The fourth-order valence-electron chi connectivity index (χ4n) is 3.38. The first kappa shape index (κ1) is 16.5. The molecular formula is C19H32N2. The van der Waals surface area contributed by atoms with Crippen molar-refractivity contribution >= 4 is 0 Å². The molecule has 0 spiro atoms. The third kappa shape index (κ3) is 5.12. The Hall–Kier alpha value is -0.860. The van der Waals surface area contributed by atoms with Crippen LogP contribution in [-0.2, 0) is 13.1 Å². The topological polar surface area (TPSA) is 15.3 Å². The van der Waals surface area contributed by atoms with Gasteiger partial charge in [-0.15, -0.1) is 0 Å². The molecule has 1 saturated heterocycles. The zero-order valence-corrected chi connectivity index (χ0v) is 14.2. The first-order valence-corrected chi connectivity index (χ1v) is 8.59. The molecule has 2 heteroatoms. The van der Waals surface area contributed by atoms with Gasteiger partial charge in [0.15, 0.2) is 0 Å². The minimum Gasteiger partial charge on any atom is -0.312 e. The zero-order valence-electron chi connectivity index (χ0n) is 14.2. The highest BCUT2D eigenvalue weighted by Crippen LogP contribution is 2.25. The van der Waals surface area contributed by atoms with E-state index < -0.39 is 0 Å². The van der Waals surface area contributed by atoms with E-state index in [0.29, 0.717) is 5.92 Å². The van der Waals surface area contributed by atoms with Gasteiger partial charge < -0.3 is 5.32 Å². The van der Waals surface area contributed by atoms with E-state index in [1.54, 1.807) is 0 Å². The predicted molar refractivity (Wildman–Crippen MR) is 91.3 cm³/mol. The van der Waals surface area contributed by atoms with Crippen molar-refractivity contribution in [2.24, 2.45) is 11.8 Å². The van der Waals surface area contributed by atoms with Gasteiger partial charge >= 0.3 is 0 Å². The average molecular weight is 288 g/mol. The Morgan fingerprint density at radius 1 is 1.19 bits per heavy atom. The molecule has 0 radical (unpaired) electrons. The van der Waals surface area contributed by atoms with Crippen LogP contribution < -0.4 is 5.32 Å². The van der Waals surface area contributed by atoms with Gasteiger partial charge in [-0.1, -0.05) is 52.0 Å². The Morgan fingerprint density at radius 3 is 2.67 bits per heavy atom. The summed E-state index contributed by atoms with van der Waals surface area (Å²) in [6, 6.07) is 9.88. The number of rotatable bonds is 7. The first-order chi connectivity index (χ1) is 10.1. The van der Waals surface area contributed by atoms with E-state index in [-0.39, 0.29) is 0 Å². The molecule has 2 rings (SSSR count). The molecule has 1 N–H and O–H groups in total. The molecule has 1 heterocycles. The van der Waals surface area contributed by atoms with Crippen molar-refractivity contribution in [2.75, 3.05) is 13.1 Å². The SMILES string of the molecule is CC(C)CNCc1cccc(CN2CCCC2C(C)C)c1. The molecule has 2 nitrogen and oxygen atoms in total. The van der Waals surface area contributed by atoms with Gasteiger partial charge in [-0.3, -0.25) is 4.90 Å². The summed E-state index contributed by atoms with van der Waals surface area (Å²) in [4.78, 5) is 2.67. The third-order valence-electron chi connectivity index (χ3n) is 4.44. The van der Waals surface area contributed by atoms with E-state index in [0.717, 1.165) is 31.6 Å². The summed E-state index contributed by atoms with van der Waals surface area (Å²) in [7, 11) is 0. The molecule has 0 aliphatic carbocycles. The lowest BCUT2D eigenvalue weighted by Crippen LogP contribution is -2.32. The second-order valence-corrected chi connectivity index (χ2v) is 7.27. The molecule has 1 aromatic carbocycles. The number of benzene rings is 1. The van der Waals surface area contributed by atoms with Crippen LogP contribution in [-0.4, -0.2) is 24.0 Å². The maximum atomic E-state index is 3.54. The van der Waals surface area contributed by atoms with E-state index in [2.05, 4.69) is 62.2 Å². The van der Waals surface area contributed by atoms with Gasteiger partial charge in [-0.25, -0.2) is 0 Å². The second-order valence-electron chi connectivity index (χ2n) is 7.27. The van der Waals surface area contributed by atoms with Gasteiger partial charge in [0, 0.05) is 19.1 Å². The molecule has 21 heavy (non-hydrogen) atoms. The highest BCUT2D eigenvalue weighted by molar-refractivity contribution is 5.23. The molecule has 1 unspecified atom stereocenters. The summed E-state index contributed by atoms with van der Waals surface area (Å²) in [6.07, 6.45) is 2.73. The molecule has 0 saturated carbocycles. The molecule has 0 amide bonds. The van der Waals surface area contributed by atoms with Gasteiger partial charge in [0.1, 0.15) is 0 Å². The summed E-state index contributed by atoms with van der Waals surface area (Å²) in [5.41, 5.74) is 2.87. The van der Waals surface area contributed by atoms with Crippen LogP contribution >= 0.6 is 0 Å². The second kappa shape index (κ2) is 7.95. The van der Waals surface area contributed by atoms with E-state index >= 15 is 0 Å². The largest absolute Gasteiger partial charge is 0.312 e. The number of likely N-dealkylation sites (tertiary alicyclic amines) is 1. The van der Waals surface area contributed by atoms with Crippen LogP contribution in [0.2, 0.25) is 0 Å².